The molecule has 9 heteroatoms. The van der Waals surface area contributed by atoms with Gasteiger partial charge in [0.05, 0.1) is 0 Å². The summed E-state index contributed by atoms with van der Waals surface area (Å²) < 4.78 is 0. The third-order valence-corrected chi connectivity index (χ3v) is 4.19. The van der Waals surface area contributed by atoms with E-state index in [9.17, 15) is 9.59 Å². The highest BCUT2D eigenvalue weighted by atomic mass is 35.5. The lowest BCUT2D eigenvalue weighted by Gasteiger charge is -2.12. The molecule has 0 spiro atoms. The smallest absolute Gasteiger partial charge is 0.253 e. The third kappa shape index (κ3) is 4.89. The van der Waals surface area contributed by atoms with Gasteiger partial charge >= 0.3 is 0 Å². The van der Waals surface area contributed by atoms with Crippen molar-refractivity contribution in [1.29, 1.82) is 0 Å². The van der Waals surface area contributed by atoms with Gasteiger partial charge < -0.3 is 5.32 Å². The number of hydrogen-bond donors (Lipinski definition) is 2. The molecule has 0 saturated carbocycles. The molecule has 0 aliphatic carbocycles. The maximum Gasteiger partial charge on any atom is 0.253 e. The van der Waals surface area contributed by atoms with Crippen LogP contribution in [0.2, 0.25) is 0 Å². The molecule has 2 amide bonds. The lowest BCUT2D eigenvalue weighted by Crippen LogP contribution is -2.43. The van der Waals surface area contributed by atoms with Gasteiger partial charge in [-0.3, -0.25) is 14.9 Å². The highest BCUT2D eigenvalue weighted by Crippen LogP contribution is 2.26. The minimum Gasteiger partial charge on any atom is -0.342 e. The quantitative estimate of drug-likeness (QED) is 0.790. The van der Waals surface area contributed by atoms with E-state index >= 15 is 0 Å². The zero-order chi connectivity index (χ0) is 17.0. The number of nitrogens with zero attached hydrogens (tertiary/aromatic N) is 2. The Balaban J connectivity index is 1.99. The molecule has 0 aliphatic heterocycles. The Kier molecular flexibility index (Phi) is 5.92. The number of carbonyl (C=O) groups is 2. The van der Waals surface area contributed by atoms with Crippen LogP contribution in [0, 0.1) is 6.92 Å². The normalized spacial score (nSPS) is 12.0. The molecule has 0 aliphatic rings. The van der Waals surface area contributed by atoms with Crippen LogP contribution in [0.1, 0.15) is 12.5 Å². The molecule has 1 unspecified atom stereocenters. The fraction of sp³-hybridized carbons (Fsp3) is 0.286. The van der Waals surface area contributed by atoms with E-state index in [1.165, 1.54) is 18.3 Å². The molecule has 0 fully saturated rings. The molecule has 1 aromatic heterocycles. The number of carbonyl (C=O) groups excluding carboxylic acids is 2. The number of hydrogen-bond acceptors (Lipinski definition) is 5. The Morgan fingerprint density at radius 1 is 1.13 bits per heavy atom. The first-order chi connectivity index (χ1) is 10.9. The topological polar surface area (TPSA) is 84.0 Å². The van der Waals surface area contributed by atoms with E-state index in [2.05, 4.69) is 20.8 Å². The van der Waals surface area contributed by atoms with Crippen LogP contribution in [-0.4, -0.2) is 32.9 Å². The Morgan fingerprint density at radius 2 is 1.78 bits per heavy atom. The number of nitrogens with one attached hydrogen (secondary N) is 2. The molecule has 122 valence electrons. The summed E-state index contributed by atoms with van der Waals surface area (Å²) in [6.45, 7) is 3.52. The summed E-state index contributed by atoms with van der Waals surface area (Å²) in [5.41, 5.74) is 2.07. The summed E-state index contributed by atoms with van der Waals surface area (Å²) >= 11 is 12.1. The van der Waals surface area contributed by atoms with Gasteiger partial charge in [-0.15, -0.1) is 10.2 Å². The van der Waals surface area contributed by atoms with Crippen LogP contribution in [0.25, 0.3) is 10.6 Å². The van der Waals surface area contributed by atoms with Crippen LogP contribution in [0.4, 0.5) is 5.13 Å². The van der Waals surface area contributed by atoms with Gasteiger partial charge in [0.25, 0.3) is 5.91 Å². The molecule has 0 radical (unpaired) electrons. The molecular formula is C14H14Cl2N4O2S. The molecule has 2 rings (SSSR count). The molecule has 1 atom stereocenters. The van der Waals surface area contributed by atoms with Gasteiger partial charge in [-0.1, -0.05) is 64.4 Å². The average Bonchev–Trinajstić information content (AvgIpc) is 2.96. The minimum absolute atomic E-state index is 0.347. The molecule has 6 nitrogen and oxygen atoms in total. The highest BCUT2D eigenvalue weighted by molar-refractivity contribution is 7.18. The van der Waals surface area contributed by atoms with Crippen LogP contribution < -0.4 is 10.6 Å². The van der Waals surface area contributed by atoms with E-state index in [1.807, 2.05) is 31.2 Å². The number of rotatable bonds is 5. The lowest BCUT2D eigenvalue weighted by molar-refractivity contribution is -0.125. The van der Waals surface area contributed by atoms with Gasteiger partial charge in [0.2, 0.25) is 11.0 Å². The number of anilines is 1. The molecule has 1 heterocycles. The second kappa shape index (κ2) is 7.72. The van der Waals surface area contributed by atoms with E-state index in [0.29, 0.717) is 10.1 Å². The van der Waals surface area contributed by atoms with Crippen molar-refractivity contribution >= 4 is 51.5 Å². The van der Waals surface area contributed by atoms with Gasteiger partial charge in [0.15, 0.2) is 4.84 Å². The summed E-state index contributed by atoms with van der Waals surface area (Å²) in [5.74, 6) is -1.06. The monoisotopic (exact) mass is 372 g/mol. The van der Waals surface area contributed by atoms with Gasteiger partial charge in [-0.25, -0.2) is 0 Å². The maximum atomic E-state index is 12.0. The predicted molar refractivity (Wildman–Crippen MR) is 91.8 cm³/mol. The van der Waals surface area contributed by atoms with Crippen LogP contribution in [0.3, 0.4) is 0 Å². The summed E-state index contributed by atoms with van der Waals surface area (Å²) in [5, 5.41) is 14.0. The van der Waals surface area contributed by atoms with E-state index in [1.54, 1.807) is 0 Å². The van der Waals surface area contributed by atoms with Crippen molar-refractivity contribution in [3.63, 3.8) is 0 Å². The Labute approximate surface area is 147 Å². The van der Waals surface area contributed by atoms with Crippen LogP contribution in [-0.2, 0) is 9.59 Å². The number of alkyl halides is 2. The van der Waals surface area contributed by atoms with Crippen molar-refractivity contribution in [2.24, 2.45) is 0 Å². The molecule has 23 heavy (non-hydrogen) atoms. The van der Waals surface area contributed by atoms with Crippen molar-refractivity contribution in [3.8, 4) is 10.6 Å². The van der Waals surface area contributed by atoms with Crippen molar-refractivity contribution in [2.45, 2.75) is 24.7 Å². The summed E-state index contributed by atoms with van der Waals surface area (Å²) in [6, 6.07) is 7.02. The molecule has 2 N–H and O–H groups in total. The second-order valence-electron chi connectivity index (χ2n) is 4.80. The van der Waals surface area contributed by atoms with E-state index < -0.39 is 22.7 Å². The van der Waals surface area contributed by atoms with Crippen molar-refractivity contribution in [2.75, 3.05) is 5.32 Å². The van der Waals surface area contributed by atoms with Gasteiger partial charge in [0, 0.05) is 5.56 Å². The second-order valence-corrected chi connectivity index (χ2v) is 6.87. The SMILES string of the molecule is Cc1ccc(-c2nnc(NC(=O)C(C)NC(=O)C(Cl)Cl)s2)cc1. The number of aromatic nitrogens is 2. The number of aryl methyl sites for hydroxylation is 1. The van der Waals surface area contributed by atoms with E-state index in [-0.39, 0.29) is 0 Å². The average molecular weight is 373 g/mol. The fourth-order valence-corrected chi connectivity index (χ4v) is 2.52. The molecule has 0 bridgehead atoms. The minimum atomic E-state index is -1.22. The van der Waals surface area contributed by atoms with Gasteiger partial charge in [-0.2, -0.15) is 0 Å². The first-order valence-corrected chi connectivity index (χ1v) is 8.35. The standard InChI is InChI=1S/C14H14Cl2N4O2S/c1-7-3-5-9(6-4-7)13-19-20-14(23-13)18-11(21)8(2)17-12(22)10(15)16/h3-6,8,10H,1-2H3,(H,17,22)(H,18,20,21). The zero-order valence-corrected chi connectivity index (χ0v) is 14.7. The molecule has 0 saturated heterocycles. The lowest BCUT2D eigenvalue weighted by atomic mass is 10.2. The van der Waals surface area contributed by atoms with Crippen molar-refractivity contribution < 1.29 is 9.59 Å². The van der Waals surface area contributed by atoms with Gasteiger partial charge in [-0.05, 0) is 13.8 Å². The largest absolute Gasteiger partial charge is 0.342 e. The number of amides is 2. The summed E-state index contributed by atoms with van der Waals surface area (Å²) in [6.07, 6.45) is 0. The Bertz CT molecular complexity index is 703. The number of benzene rings is 1. The van der Waals surface area contributed by atoms with Crippen molar-refractivity contribution in [1.82, 2.24) is 15.5 Å². The zero-order valence-electron chi connectivity index (χ0n) is 12.3. The maximum absolute atomic E-state index is 12.0. The van der Waals surface area contributed by atoms with Gasteiger partial charge in [0.1, 0.15) is 11.0 Å². The fourth-order valence-electron chi connectivity index (χ4n) is 1.64. The number of halogens is 2. The van der Waals surface area contributed by atoms with Crippen LogP contribution in [0.5, 0.6) is 0 Å². The summed E-state index contributed by atoms with van der Waals surface area (Å²) in [7, 11) is 0. The highest BCUT2D eigenvalue weighted by Gasteiger charge is 2.20. The molecule has 2 aromatic rings. The van der Waals surface area contributed by atoms with Crippen molar-refractivity contribution in [3.05, 3.63) is 29.8 Å². The van der Waals surface area contributed by atoms with E-state index in [0.717, 1.165) is 11.1 Å². The Morgan fingerprint density at radius 3 is 2.39 bits per heavy atom. The predicted octanol–water partition coefficient (Wildman–Crippen LogP) is 2.76. The molecule has 1 aromatic carbocycles. The molecular weight excluding hydrogens is 359 g/mol. The summed E-state index contributed by atoms with van der Waals surface area (Å²) in [4.78, 5) is 22.1. The van der Waals surface area contributed by atoms with Crippen LogP contribution in [0.15, 0.2) is 24.3 Å². The van der Waals surface area contributed by atoms with Crippen LogP contribution >= 0.6 is 34.5 Å². The Hall–Kier alpha value is -1.70. The first-order valence-electron chi connectivity index (χ1n) is 6.66. The first kappa shape index (κ1) is 17.7. The van der Waals surface area contributed by atoms with E-state index in [4.69, 9.17) is 23.2 Å². The third-order valence-electron chi connectivity index (χ3n) is 2.90.